The summed E-state index contributed by atoms with van der Waals surface area (Å²) >= 11 is 0. The fourth-order valence-electron chi connectivity index (χ4n) is 1.96. The molecule has 23 heavy (non-hydrogen) atoms. The zero-order valence-corrected chi connectivity index (χ0v) is 13.3. The third-order valence-corrected chi connectivity index (χ3v) is 3.15. The minimum Gasteiger partial charge on any atom is -0.360 e. The molecular formula is C16H20N4O3. The number of hydrogen-bond acceptors (Lipinski definition) is 5. The van der Waals surface area contributed by atoms with Crippen LogP contribution in [-0.4, -0.2) is 28.5 Å². The molecule has 0 aromatic carbocycles. The van der Waals surface area contributed by atoms with Crippen molar-refractivity contribution in [3.63, 3.8) is 0 Å². The molecule has 2 aromatic heterocycles. The number of unbranched alkanes of at least 4 members (excludes halogenated alkanes) is 2. The van der Waals surface area contributed by atoms with Crippen molar-refractivity contribution in [2.45, 2.75) is 33.1 Å². The summed E-state index contributed by atoms with van der Waals surface area (Å²) in [5.41, 5.74) is 0.359. The molecule has 2 rings (SSSR count). The Kier molecular flexibility index (Phi) is 5.85. The summed E-state index contributed by atoms with van der Waals surface area (Å²) in [4.78, 5) is 28.2. The van der Waals surface area contributed by atoms with E-state index in [4.69, 9.17) is 4.52 Å². The van der Waals surface area contributed by atoms with Crippen LogP contribution in [0.5, 0.6) is 0 Å². The molecule has 0 fully saturated rings. The van der Waals surface area contributed by atoms with Crippen molar-refractivity contribution >= 4 is 17.6 Å². The summed E-state index contributed by atoms with van der Waals surface area (Å²) < 4.78 is 4.88. The molecule has 0 unspecified atom stereocenters. The molecule has 0 bridgehead atoms. The first-order chi connectivity index (χ1) is 11.1. The molecule has 0 saturated heterocycles. The fraction of sp³-hybridized carbons (Fsp3) is 0.375. The number of aromatic nitrogens is 2. The number of pyridine rings is 1. The number of anilines is 1. The first-order valence-corrected chi connectivity index (χ1v) is 7.60. The van der Waals surface area contributed by atoms with Gasteiger partial charge in [-0.1, -0.05) is 31.0 Å². The van der Waals surface area contributed by atoms with Crippen molar-refractivity contribution in [3.05, 3.63) is 41.4 Å². The number of carbonyl (C=O) groups excluding carboxylic acids is 2. The van der Waals surface area contributed by atoms with E-state index < -0.39 is 5.91 Å². The number of hydrogen-bond donors (Lipinski definition) is 2. The van der Waals surface area contributed by atoms with E-state index in [0.29, 0.717) is 18.1 Å². The molecule has 2 N–H and O–H groups in total. The van der Waals surface area contributed by atoms with Gasteiger partial charge in [-0.3, -0.25) is 9.59 Å². The predicted octanol–water partition coefficient (Wildman–Crippen LogP) is 2.55. The lowest BCUT2D eigenvalue weighted by molar-refractivity contribution is 0.0947. The molecule has 0 spiro atoms. The lowest BCUT2D eigenvalue weighted by Crippen LogP contribution is -2.26. The topological polar surface area (TPSA) is 97.1 Å². The lowest BCUT2D eigenvalue weighted by atomic mass is 10.2. The van der Waals surface area contributed by atoms with Crippen molar-refractivity contribution in [2.75, 3.05) is 11.9 Å². The van der Waals surface area contributed by atoms with E-state index in [9.17, 15) is 9.59 Å². The Morgan fingerprint density at radius 1 is 1.17 bits per heavy atom. The monoisotopic (exact) mass is 316 g/mol. The second-order valence-electron chi connectivity index (χ2n) is 5.15. The summed E-state index contributed by atoms with van der Waals surface area (Å²) in [5, 5.41) is 9.04. The van der Waals surface area contributed by atoms with Crippen LogP contribution in [0.3, 0.4) is 0 Å². The van der Waals surface area contributed by atoms with Crippen LogP contribution in [0.15, 0.2) is 28.8 Å². The van der Waals surface area contributed by atoms with Gasteiger partial charge in [0.25, 0.3) is 11.8 Å². The minimum absolute atomic E-state index is 0.145. The second kappa shape index (κ2) is 8.07. The van der Waals surface area contributed by atoms with Crippen molar-refractivity contribution < 1.29 is 14.1 Å². The Labute approximate surface area is 134 Å². The van der Waals surface area contributed by atoms with E-state index in [2.05, 4.69) is 27.7 Å². The van der Waals surface area contributed by atoms with Crippen LogP contribution in [0, 0.1) is 6.92 Å². The molecule has 0 aliphatic carbocycles. The first kappa shape index (κ1) is 16.7. The Morgan fingerprint density at radius 2 is 1.91 bits per heavy atom. The van der Waals surface area contributed by atoms with E-state index in [1.54, 1.807) is 25.1 Å². The van der Waals surface area contributed by atoms with Crippen molar-refractivity contribution in [1.29, 1.82) is 0 Å². The normalized spacial score (nSPS) is 10.3. The standard InChI is InChI=1S/C16H20N4O3/c1-3-4-5-9-17-15(21)12-7-6-8-13(18-12)16(22)19-14-10-11(2)23-20-14/h6-8,10H,3-5,9H2,1-2H3,(H,17,21)(H,19,20,22). The van der Waals surface area contributed by atoms with E-state index in [0.717, 1.165) is 19.3 Å². The van der Waals surface area contributed by atoms with Crippen molar-refractivity contribution in [2.24, 2.45) is 0 Å². The SMILES string of the molecule is CCCCCNC(=O)c1cccc(C(=O)Nc2cc(C)on2)n1. The van der Waals surface area contributed by atoms with Gasteiger partial charge >= 0.3 is 0 Å². The highest BCUT2D eigenvalue weighted by molar-refractivity contribution is 6.03. The van der Waals surface area contributed by atoms with Crippen LogP contribution in [0.25, 0.3) is 0 Å². The minimum atomic E-state index is -0.445. The molecule has 2 aromatic rings. The Bertz CT molecular complexity index is 681. The van der Waals surface area contributed by atoms with Crippen LogP contribution in [0.4, 0.5) is 5.82 Å². The van der Waals surface area contributed by atoms with Gasteiger partial charge in [-0.2, -0.15) is 0 Å². The maximum atomic E-state index is 12.1. The summed E-state index contributed by atoms with van der Waals surface area (Å²) in [6.07, 6.45) is 3.08. The number of nitrogens with one attached hydrogen (secondary N) is 2. The van der Waals surface area contributed by atoms with Gasteiger partial charge in [0, 0.05) is 12.6 Å². The van der Waals surface area contributed by atoms with E-state index in [1.807, 2.05) is 0 Å². The average molecular weight is 316 g/mol. The maximum Gasteiger partial charge on any atom is 0.275 e. The fourth-order valence-corrected chi connectivity index (χ4v) is 1.96. The molecule has 122 valence electrons. The van der Waals surface area contributed by atoms with Gasteiger partial charge < -0.3 is 15.2 Å². The van der Waals surface area contributed by atoms with Gasteiger partial charge in [0.2, 0.25) is 0 Å². The van der Waals surface area contributed by atoms with E-state index in [1.165, 1.54) is 6.07 Å². The number of aryl methyl sites for hydroxylation is 1. The molecule has 0 aliphatic heterocycles. The third-order valence-electron chi connectivity index (χ3n) is 3.15. The van der Waals surface area contributed by atoms with Crippen molar-refractivity contribution in [3.8, 4) is 0 Å². The number of carbonyl (C=O) groups is 2. The summed E-state index contributed by atoms with van der Waals surface area (Å²) in [7, 11) is 0. The molecular weight excluding hydrogens is 296 g/mol. The molecule has 0 radical (unpaired) electrons. The first-order valence-electron chi connectivity index (χ1n) is 7.60. The summed E-state index contributed by atoms with van der Waals surface area (Å²) in [5.74, 6) is 0.171. The average Bonchev–Trinajstić information content (AvgIpc) is 2.96. The number of nitrogens with zero attached hydrogens (tertiary/aromatic N) is 2. The maximum absolute atomic E-state index is 12.1. The number of rotatable bonds is 7. The Morgan fingerprint density at radius 3 is 2.57 bits per heavy atom. The van der Waals surface area contributed by atoms with Gasteiger partial charge in [0.1, 0.15) is 17.1 Å². The van der Waals surface area contributed by atoms with Gasteiger partial charge in [0.05, 0.1) is 0 Å². The zero-order valence-electron chi connectivity index (χ0n) is 13.3. The van der Waals surface area contributed by atoms with Crippen LogP contribution in [0.2, 0.25) is 0 Å². The third kappa shape index (κ3) is 4.91. The number of amides is 2. The van der Waals surface area contributed by atoms with Crippen LogP contribution >= 0.6 is 0 Å². The van der Waals surface area contributed by atoms with Gasteiger partial charge in [-0.25, -0.2) is 4.98 Å². The highest BCUT2D eigenvalue weighted by Crippen LogP contribution is 2.09. The van der Waals surface area contributed by atoms with E-state index >= 15 is 0 Å². The summed E-state index contributed by atoms with van der Waals surface area (Å²) in [6, 6.07) is 6.33. The lowest BCUT2D eigenvalue weighted by Gasteiger charge is -2.06. The zero-order chi connectivity index (χ0) is 16.7. The highest BCUT2D eigenvalue weighted by atomic mass is 16.5. The molecule has 7 heteroatoms. The van der Waals surface area contributed by atoms with E-state index in [-0.39, 0.29) is 17.3 Å². The predicted molar refractivity (Wildman–Crippen MR) is 85.3 cm³/mol. The Balaban J connectivity index is 1.98. The molecule has 0 atom stereocenters. The molecule has 2 amide bonds. The Hall–Kier alpha value is -2.70. The van der Waals surface area contributed by atoms with Gasteiger partial charge in [-0.15, -0.1) is 0 Å². The van der Waals surface area contributed by atoms with Crippen LogP contribution in [0.1, 0.15) is 52.9 Å². The van der Waals surface area contributed by atoms with Gasteiger partial charge in [0.15, 0.2) is 5.82 Å². The van der Waals surface area contributed by atoms with Gasteiger partial charge in [-0.05, 0) is 25.5 Å². The molecule has 2 heterocycles. The van der Waals surface area contributed by atoms with Crippen LogP contribution < -0.4 is 10.6 Å². The quantitative estimate of drug-likeness (QED) is 0.765. The molecule has 0 saturated carbocycles. The van der Waals surface area contributed by atoms with Crippen LogP contribution in [-0.2, 0) is 0 Å². The highest BCUT2D eigenvalue weighted by Gasteiger charge is 2.13. The smallest absolute Gasteiger partial charge is 0.275 e. The molecule has 7 nitrogen and oxygen atoms in total. The molecule has 0 aliphatic rings. The summed E-state index contributed by atoms with van der Waals surface area (Å²) in [6.45, 7) is 4.43. The largest absolute Gasteiger partial charge is 0.360 e. The van der Waals surface area contributed by atoms with Crippen molar-refractivity contribution in [1.82, 2.24) is 15.5 Å². The second-order valence-corrected chi connectivity index (χ2v) is 5.15.